The first-order valence-electron chi connectivity index (χ1n) is 7.05. The number of fused-ring (bicyclic) bond motifs is 1. The van der Waals surface area contributed by atoms with Gasteiger partial charge in [-0.25, -0.2) is 0 Å². The van der Waals surface area contributed by atoms with Gasteiger partial charge < -0.3 is 14.2 Å². The Morgan fingerprint density at radius 1 is 1.20 bits per heavy atom. The van der Waals surface area contributed by atoms with Gasteiger partial charge in [0.2, 0.25) is 0 Å². The third-order valence-corrected chi connectivity index (χ3v) is 3.57. The monoisotopic (exact) mass is 280 g/mol. The van der Waals surface area contributed by atoms with E-state index >= 15 is 0 Å². The van der Waals surface area contributed by atoms with Crippen LogP contribution < -0.4 is 20.7 Å². The summed E-state index contributed by atoms with van der Waals surface area (Å²) in [4.78, 5) is 0. The predicted molar refractivity (Wildman–Crippen MR) is 77.7 cm³/mol. The van der Waals surface area contributed by atoms with Crippen molar-refractivity contribution in [3.8, 4) is 11.5 Å². The van der Waals surface area contributed by atoms with Crippen LogP contribution in [0.5, 0.6) is 11.5 Å². The van der Waals surface area contributed by atoms with E-state index in [1.54, 1.807) is 7.11 Å². The van der Waals surface area contributed by atoms with Crippen LogP contribution in [-0.2, 0) is 4.74 Å². The maximum atomic E-state index is 5.72. The van der Waals surface area contributed by atoms with Crippen LogP contribution >= 0.6 is 0 Å². The zero-order valence-corrected chi connectivity index (χ0v) is 12.4. The lowest BCUT2D eigenvalue weighted by Crippen LogP contribution is -2.40. The number of ether oxygens (including phenoxy) is 3. The Morgan fingerprint density at radius 3 is 2.50 bits per heavy atom. The molecule has 112 valence electrons. The molecule has 1 aromatic carbocycles. The first-order chi connectivity index (χ1) is 9.67. The zero-order chi connectivity index (χ0) is 14.5. The maximum absolute atomic E-state index is 5.72. The molecule has 2 atom stereocenters. The van der Waals surface area contributed by atoms with Crippen molar-refractivity contribution in [3.63, 3.8) is 0 Å². The molecule has 1 aromatic rings. The van der Waals surface area contributed by atoms with Crippen molar-refractivity contribution in [1.82, 2.24) is 5.43 Å². The van der Waals surface area contributed by atoms with E-state index in [0.717, 1.165) is 23.5 Å². The molecule has 0 saturated carbocycles. The van der Waals surface area contributed by atoms with E-state index in [0.29, 0.717) is 19.1 Å². The Morgan fingerprint density at radius 2 is 1.90 bits per heavy atom. The number of hydrazine groups is 1. The summed E-state index contributed by atoms with van der Waals surface area (Å²) in [5, 5.41) is 0. The summed E-state index contributed by atoms with van der Waals surface area (Å²) in [7, 11) is 1.71. The largest absolute Gasteiger partial charge is 0.490 e. The third kappa shape index (κ3) is 3.23. The average molecular weight is 280 g/mol. The van der Waals surface area contributed by atoms with E-state index < -0.39 is 0 Å². The van der Waals surface area contributed by atoms with Crippen molar-refractivity contribution in [1.29, 1.82) is 0 Å². The van der Waals surface area contributed by atoms with Crippen molar-refractivity contribution in [3.05, 3.63) is 23.8 Å². The molecule has 0 spiro atoms. The van der Waals surface area contributed by atoms with Crippen LogP contribution in [0.15, 0.2) is 18.2 Å². The fourth-order valence-corrected chi connectivity index (χ4v) is 2.55. The standard InChI is InChI=1S/C15H24N2O3/c1-10(2)15(18-3)14(17-16)11-5-6-12-13(9-11)20-8-4-7-19-12/h5-6,9-10,14-15,17H,4,7-8,16H2,1-3H3. The number of nitrogens with two attached hydrogens (primary N) is 1. The lowest BCUT2D eigenvalue weighted by atomic mass is 9.93. The molecular weight excluding hydrogens is 256 g/mol. The fourth-order valence-electron chi connectivity index (χ4n) is 2.55. The highest BCUT2D eigenvalue weighted by atomic mass is 16.5. The van der Waals surface area contributed by atoms with Gasteiger partial charge in [0, 0.05) is 13.5 Å². The van der Waals surface area contributed by atoms with Gasteiger partial charge in [0.05, 0.1) is 25.4 Å². The van der Waals surface area contributed by atoms with Gasteiger partial charge >= 0.3 is 0 Å². The Bertz CT molecular complexity index is 437. The molecule has 0 aliphatic carbocycles. The lowest BCUT2D eigenvalue weighted by molar-refractivity contribution is 0.0325. The molecule has 1 aliphatic rings. The lowest BCUT2D eigenvalue weighted by Gasteiger charge is -2.29. The Labute approximate surface area is 120 Å². The van der Waals surface area contributed by atoms with E-state index in [4.69, 9.17) is 20.1 Å². The van der Waals surface area contributed by atoms with Gasteiger partial charge in [-0.2, -0.15) is 0 Å². The minimum Gasteiger partial charge on any atom is -0.490 e. The van der Waals surface area contributed by atoms with Crippen LogP contribution in [0.3, 0.4) is 0 Å². The predicted octanol–water partition coefficient (Wildman–Crippen LogP) is 2.02. The van der Waals surface area contributed by atoms with Crippen molar-refractivity contribution in [2.45, 2.75) is 32.4 Å². The van der Waals surface area contributed by atoms with Crippen LogP contribution in [0.25, 0.3) is 0 Å². The summed E-state index contributed by atoms with van der Waals surface area (Å²) >= 11 is 0. The second kappa shape index (κ2) is 6.92. The van der Waals surface area contributed by atoms with Gasteiger partial charge in [0.15, 0.2) is 11.5 Å². The molecule has 0 saturated heterocycles. The third-order valence-electron chi connectivity index (χ3n) is 3.57. The summed E-state index contributed by atoms with van der Waals surface area (Å²) in [5.74, 6) is 7.64. The number of methoxy groups -OCH3 is 1. The van der Waals surface area contributed by atoms with E-state index in [2.05, 4.69) is 19.3 Å². The fraction of sp³-hybridized carbons (Fsp3) is 0.600. The summed E-state index contributed by atoms with van der Waals surface area (Å²) in [6, 6.07) is 5.84. The molecule has 0 fully saturated rings. The second-order valence-corrected chi connectivity index (χ2v) is 5.35. The van der Waals surface area contributed by atoms with Crippen molar-refractivity contribution in [2.75, 3.05) is 20.3 Å². The first-order valence-corrected chi connectivity index (χ1v) is 7.05. The average Bonchev–Trinajstić information content (AvgIpc) is 2.68. The quantitative estimate of drug-likeness (QED) is 0.638. The molecular formula is C15H24N2O3. The topological polar surface area (TPSA) is 65.7 Å². The number of benzene rings is 1. The van der Waals surface area contributed by atoms with Crippen molar-refractivity contribution < 1.29 is 14.2 Å². The van der Waals surface area contributed by atoms with Crippen LogP contribution in [0.2, 0.25) is 0 Å². The zero-order valence-electron chi connectivity index (χ0n) is 12.4. The first kappa shape index (κ1) is 15.1. The number of nitrogens with one attached hydrogen (secondary N) is 1. The second-order valence-electron chi connectivity index (χ2n) is 5.35. The van der Waals surface area contributed by atoms with Crippen LogP contribution in [0, 0.1) is 5.92 Å². The molecule has 0 aromatic heterocycles. The van der Waals surface area contributed by atoms with Gasteiger partial charge in [-0.3, -0.25) is 11.3 Å². The molecule has 0 bridgehead atoms. The molecule has 0 radical (unpaired) electrons. The van der Waals surface area contributed by atoms with E-state index in [1.165, 1.54) is 0 Å². The van der Waals surface area contributed by atoms with E-state index in [-0.39, 0.29) is 12.1 Å². The Kier molecular flexibility index (Phi) is 5.23. The SMILES string of the molecule is COC(C(C)C)C(NN)c1ccc2c(c1)OCCCO2. The van der Waals surface area contributed by atoms with Crippen molar-refractivity contribution in [2.24, 2.45) is 11.8 Å². The highest BCUT2D eigenvalue weighted by Gasteiger charge is 2.26. The summed E-state index contributed by atoms with van der Waals surface area (Å²) in [6.45, 7) is 5.59. The molecule has 2 rings (SSSR count). The summed E-state index contributed by atoms with van der Waals surface area (Å²) in [6.07, 6.45) is 0.889. The smallest absolute Gasteiger partial charge is 0.161 e. The number of hydrogen-bond acceptors (Lipinski definition) is 5. The van der Waals surface area contributed by atoms with Crippen LogP contribution in [0.4, 0.5) is 0 Å². The van der Waals surface area contributed by atoms with Gasteiger partial charge in [0.1, 0.15) is 0 Å². The minimum absolute atomic E-state index is 0.00949. The molecule has 1 heterocycles. The van der Waals surface area contributed by atoms with Gasteiger partial charge in [-0.15, -0.1) is 0 Å². The maximum Gasteiger partial charge on any atom is 0.161 e. The van der Waals surface area contributed by atoms with E-state index in [1.807, 2.05) is 18.2 Å². The molecule has 20 heavy (non-hydrogen) atoms. The molecule has 2 unspecified atom stereocenters. The van der Waals surface area contributed by atoms with Gasteiger partial charge in [0.25, 0.3) is 0 Å². The molecule has 5 nitrogen and oxygen atoms in total. The number of rotatable bonds is 5. The summed E-state index contributed by atoms with van der Waals surface area (Å²) < 4.78 is 16.9. The minimum atomic E-state index is -0.0860. The van der Waals surface area contributed by atoms with Crippen LogP contribution in [0.1, 0.15) is 31.9 Å². The molecule has 0 amide bonds. The van der Waals surface area contributed by atoms with Gasteiger partial charge in [-0.1, -0.05) is 19.9 Å². The molecule has 3 N–H and O–H groups in total. The highest BCUT2D eigenvalue weighted by Crippen LogP contribution is 2.34. The van der Waals surface area contributed by atoms with Gasteiger partial charge in [-0.05, 0) is 23.6 Å². The van der Waals surface area contributed by atoms with Crippen LogP contribution in [-0.4, -0.2) is 26.4 Å². The van der Waals surface area contributed by atoms with E-state index in [9.17, 15) is 0 Å². The van der Waals surface area contributed by atoms with Crippen molar-refractivity contribution >= 4 is 0 Å². The highest BCUT2D eigenvalue weighted by molar-refractivity contribution is 5.44. The Hall–Kier alpha value is -1.30. The molecule has 5 heteroatoms. The normalized spacial score (nSPS) is 17.6. The number of hydrogen-bond donors (Lipinski definition) is 2. The summed E-state index contributed by atoms with van der Waals surface area (Å²) in [5.41, 5.74) is 3.89. The Balaban J connectivity index is 2.28. The molecule has 1 aliphatic heterocycles.